The maximum absolute atomic E-state index is 11.2. The van der Waals surface area contributed by atoms with Gasteiger partial charge in [0, 0.05) is 19.2 Å². The number of aliphatic hydroxyl groups excluding tert-OH is 1. The number of rotatable bonds is 7. The molecule has 0 radical (unpaired) electrons. The fourth-order valence-electron chi connectivity index (χ4n) is 1.96. The average Bonchev–Trinajstić information content (AvgIpc) is 2.42. The first kappa shape index (κ1) is 16.8. The van der Waals surface area contributed by atoms with Crippen molar-refractivity contribution in [1.82, 2.24) is 0 Å². The van der Waals surface area contributed by atoms with Crippen molar-refractivity contribution in [2.75, 3.05) is 24.0 Å². The minimum Gasteiger partial charge on any atom is -0.389 e. The zero-order chi connectivity index (χ0) is 15.3. The molecule has 1 aromatic rings. The summed E-state index contributed by atoms with van der Waals surface area (Å²) in [6.07, 6.45) is 2.31. The molecule has 0 heterocycles. The van der Waals surface area contributed by atoms with E-state index in [-0.39, 0.29) is 16.7 Å². The monoisotopic (exact) mass is 298 g/mol. The van der Waals surface area contributed by atoms with E-state index < -0.39 is 6.10 Å². The summed E-state index contributed by atoms with van der Waals surface area (Å²) in [6, 6.07) is 5.14. The molecule has 0 fully saturated rings. The number of aliphatic hydroxyl groups is 1. The zero-order valence-corrected chi connectivity index (χ0v) is 13.2. The molecule has 1 aromatic carbocycles. The molecule has 0 saturated carbocycles. The van der Waals surface area contributed by atoms with Crippen molar-refractivity contribution in [1.29, 1.82) is 0 Å². The Labute approximate surface area is 124 Å². The zero-order valence-electron chi connectivity index (χ0n) is 12.4. The van der Waals surface area contributed by atoms with Gasteiger partial charge < -0.3 is 10.0 Å². The Morgan fingerprint density at radius 2 is 2.10 bits per heavy atom. The summed E-state index contributed by atoms with van der Waals surface area (Å²) in [5.74, 6) is 1.02. The maximum Gasteiger partial charge on any atom is 0.292 e. The van der Waals surface area contributed by atoms with Crippen LogP contribution in [0.1, 0.15) is 31.9 Å². The van der Waals surface area contributed by atoms with Crippen LogP contribution in [0.15, 0.2) is 18.2 Å². The van der Waals surface area contributed by atoms with E-state index >= 15 is 0 Å². The highest BCUT2D eigenvalue weighted by molar-refractivity contribution is 7.98. The molecule has 20 heavy (non-hydrogen) atoms. The SMILES string of the molecule is CSCCC(C)N(C)c1ccc([C@H](C)O)cc1[N+](=O)[O-]. The molecule has 0 saturated heterocycles. The predicted octanol–water partition coefficient (Wildman–Crippen LogP) is 3.23. The third-order valence-corrected chi connectivity index (χ3v) is 4.10. The molecule has 0 aliphatic carbocycles. The lowest BCUT2D eigenvalue weighted by atomic mass is 10.1. The topological polar surface area (TPSA) is 66.6 Å². The number of benzene rings is 1. The summed E-state index contributed by atoms with van der Waals surface area (Å²) in [6.45, 7) is 3.66. The maximum atomic E-state index is 11.2. The molecule has 1 rings (SSSR count). The molecule has 0 aliphatic heterocycles. The van der Waals surface area contributed by atoms with Crippen LogP contribution in [0.25, 0.3) is 0 Å². The van der Waals surface area contributed by atoms with Crippen molar-refractivity contribution >= 4 is 23.1 Å². The van der Waals surface area contributed by atoms with Crippen LogP contribution in [-0.4, -0.2) is 35.1 Å². The molecule has 1 unspecified atom stereocenters. The second kappa shape index (κ2) is 7.50. The average molecular weight is 298 g/mol. The van der Waals surface area contributed by atoms with Crippen LogP contribution in [0, 0.1) is 10.1 Å². The first-order valence-electron chi connectivity index (χ1n) is 6.56. The van der Waals surface area contributed by atoms with E-state index in [0.29, 0.717) is 11.3 Å². The number of nitro groups is 1. The standard InChI is InChI=1S/C14H22N2O3S/c1-10(7-8-20-4)15(3)13-6-5-12(11(2)17)9-14(13)16(18)19/h5-6,9-11,17H,7-8H2,1-4H3/t10?,11-/m0/s1. The highest BCUT2D eigenvalue weighted by Gasteiger charge is 2.21. The molecular formula is C14H22N2O3S. The molecule has 112 valence electrons. The van der Waals surface area contributed by atoms with Crippen LogP contribution in [0.5, 0.6) is 0 Å². The van der Waals surface area contributed by atoms with Crippen molar-refractivity contribution in [3.05, 3.63) is 33.9 Å². The molecule has 0 bridgehead atoms. The number of nitro benzene ring substituents is 1. The van der Waals surface area contributed by atoms with Gasteiger partial charge in [0.1, 0.15) is 5.69 Å². The van der Waals surface area contributed by atoms with Gasteiger partial charge in [0.15, 0.2) is 0 Å². The van der Waals surface area contributed by atoms with E-state index in [0.717, 1.165) is 12.2 Å². The third kappa shape index (κ3) is 4.11. The van der Waals surface area contributed by atoms with Crippen LogP contribution in [0.4, 0.5) is 11.4 Å². The highest BCUT2D eigenvalue weighted by atomic mass is 32.2. The molecule has 0 spiro atoms. The van der Waals surface area contributed by atoms with Crippen molar-refractivity contribution in [2.24, 2.45) is 0 Å². The molecule has 0 aromatic heterocycles. The Hall–Kier alpha value is -1.27. The van der Waals surface area contributed by atoms with Crippen molar-refractivity contribution in [2.45, 2.75) is 32.4 Å². The second-order valence-corrected chi connectivity index (χ2v) is 5.91. The molecule has 0 amide bonds. The fourth-order valence-corrected chi connectivity index (χ4v) is 2.54. The van der Waals surface area contributed by atoms with Crippen molar-refractivity contribution in [3.8, 4) is 0 Å². The Bertz CT molecular complexity index is 466. The number of hydrogen-bond acceptors (Lipinski definition) is 5. The lowest BCUT2D eigenvalue weighted by molar-refractivity contribution is -0.384. The van der Waals surface area contributed by atoms with E-state index in [1.165, 1.54) is 6.07 Å². The molecule has 2 atom stereocenters. The van der Waals surface area contributed by atoms with Gasteiger partial charge in [0.2, 0.25) is 0 Å². The van der Waals surface area contributed by atoms with Gasteiger partial charge in [-0.3, -0.25) is 10.1 Å². The Morgan fingerprint density at radius 1 is 1.45 bits per heavy atom. The van der Waals surface area contributed by atoms with Gasteiger partial charge >= 0.3 is 0 Å². The number of nitrogens with zero attached hydrogens (tertiary/aromatic N) is 2. The van der Waals surface area contributed by atoms with Gasteiger partial charge in [-0.25, -0.2) is 0 Å². The van der Waals surface area contributed by atoms with Gasteiger partial charge in [-0.05, 0) is 43.9 Å². The van der Waals surface area contributed by atoms with E-state index in [2.05, 4.69) is 6.92 Å². The summed E-state index contributed by atoms with van der Waals surface area (Å²) in [5, 5.41) is 20.8. The first-order valence-corrected chi connectivity index (χ1v) is 7.96. The van der Waals surface area contributed by atoms with Gasteiger partial charge in [-0.1, -0.05) is 6.07 Å². The van der Waals surface area contributed by atoms with Crippen LogP contribution in [-0.2, 0) is 0 Å². The van der Waals surface area contributed by atoms with Gasteiger partial charge in [-0.2, -0.15) is 11.8 Å². The molecule has 5 nitrogen and oxygen atoms in total. The van der Waals surface area contributed by atoms with Crippen molar-refractivity contribution < 1.29 is 10.0 Å². The van der Waals surface area contributed by atoms with Gasteiger partial charge in [0.25, 0.3) is 5.69 Å². The third-order valence-electron chi connectivity index (χ3n) is 3.46. The Morgan fingerprint density at radius 3 is 2.60 bits per heavy atom. The molecule has 0 aliphatic rings. The van der Waals surface area contributed by atoms with E-state index in [1.54, 1.807) is 30.8 Å². The van der Waals surface area contributed by atoms with Crippen LogP contribution in [0.3, 0.4) is 0 Å². The molecule has 6 heteroatoms. The Balaban J connectivity index is 3.07. The number of anilines is 1. The summed E-state index contributed by atoms with van der Waals surface area (Å²) in [4.78, 5) is 12.8. The summed E-state index contributed by atoms with van der Waals surface area (Å²) in [7, 11) is 1.87. The number of hydrogen-bond donors (Lipinski definition) is 1. The largest absolute Gasteiger partial charge is 0.389 e. The highest BCUT2D eigenvalue weighted by Crippen LogP contribution is 2.32. The minimum absolute atomic E-state index is 0.0434. The minimum atomic E-state index is -0.707. The fraction of sp³-hybridized carbons (Fsp3) is 0.571. The lowest BCUT2D eigenvalue weighted by Crippen LogP contribution is -2.29. The first-order chi connectivity index (χ1) is 9.38. The molecular weight excluding hydrogens is 276 g/mol. The van der Waals surface area contributed by atoms with Crippen LogP contribution >= 0.6 is 11.8 Å². The summed E-state index contributed by atoms with van der Waals surface area (Å²) >= 11 is 1.77. The van der Waals surface area contributed by atoms with Gasteiger partial charge in [-0.15, -0.1) is 0 Å². The predicted molar refractivity (Wildman–Crippen MR) is 84.6 cm³/mol. The van der Waals surface area contributed by atoms with E-state index in [4.69, 9.17) is 0 Å². The van der Waals surface area contributed by atoms with E-state index in [9.17, 15) is 15.2 Å². The van der Waals surface area contributed by atoms with Crippen molar-refractivity contribution in [3.63, 3.8) is 0 Å². The summed E-state index contributed by atoms with van der Waals surface area (Å²) < 4.78 is 0. The quantitative estimate of drug-likeness (QED) is 0.618. The lowest BCUT2D eigenvalue weighted by Gasteiger charge is -2.27. The van der Waals surface area contributed by atoms with E-state index in [1.807, 2.05) is 18.2 Å². The number of thioether (sulfide) groups is 1. The smallest absolute Gasteiger partial charge is 0.292 e. The van der Waals surface area contributed by atoms with Gasteiger partial charge in [0.05, 0.1) is 11.0 Å². The van der Waals surface area contributed by atoms with Crippen LogP contribution < -0.4 is 4.90 Å². The van der Waals surface area contributed by atoms with Crippen LogP contribution in [0.2, 0.25) is 0 Å². The second-order valence-electron chi connectivity index (χ2n) is 4.92. The Kier molecular flexibility index (Phi) is 6.29. The summed E-state index contributed by atoms with van der Waals surface area (Å²) in [5.41, 5.74) is 1.19. The molecule has 1 N–H and O–H groups in total. The normalized spacial score (nSPS) is 13.8.